The SMILES string of the molecule is O=C(C[C@@]1(c2ccccc2F)CO[C@H](C(F)(F)F)[C@H]1CO)OCc1ccccc1. The van der Waals surface area contributed by atoms with Crippen LogP contribution >= 0.6 is 0 Å². The van der Waals surface area contributed by atoms with Crippen molar-refractivity contribution in [2.24, 2.45) is 5.92 Å². The highest BCUT2D eigenvalue weighted by Gasteiger charge is 2.60. The first kappa shape index (κ1) is 21.3. The van der Waals surface area contributed by atoms with Gasteiger partial charge in [-0.05, 0) is 17.2 Å². The van der Waals surface area contributed by atoms with Crippen LogP contribution in [0.1, 0.15) is 17.5 Å². The third-order valence-corrected chi connectivity index (χ3v) is 5.23. The van der Waals surface area contributed by atoms with Gasteiger partial charge in [-0.3, -0.25) is 4.79 Å². The van der Waals surface area contributed by atoms with Gasteiger partial charge in [0, 0.05) is 17.9 Å². The molecule has 1 aliphatic rings. The monoisotopic (exact) mass is 412 g/mol. The number of benzene rings is 2. The molecule has 1 N–H and O–H groups in total. The van der Waals surface area contributed by atoms with Crippen LogP contribution in [0.5, 0.6) is 0 Å². The van der Waals surface area contributed by atoms with Gasteiger partial charge in [0.05, 0.1) is 13.0 Å². The van der Waals surface area contributed by atoms with E-state index >= 15 is 0 Å². The number of alkyl halides is 3. The Balaban J connectivity index is 1.90. The summed E-state index contributed by atoms with van der Waals surface area (Å²) in [6, 6.07) is 14.0. The lowest BCUT2D eigenvalue weighted by Gasteiger charge is -2.34. The van der Waals surface area contributed by atoms with E-state index in [2.05, 4.69) is 0 Å². The van der Waals surface area contributed by atoms with Crippen LogP contribution in [0.25, 0.3) is 0 Å². The average Bonchev–Trinajstić information content (AvgIpc) is 3.07. The zero-order chi connectivity index (χ0) is 21.1. The second-order valence-electron chi connectivity index (χ2n) is 7.02. The van der Waals surface area contributed by atoms with Crippen molar-refractivity contribution in [1.82, 2.24) is 0 Å². The third-order valence-electron chi connectivity index (χ3n) is 5.23. The van der Waals surface area contributed by atoms with Crippen LogP contribution in [0.4, 0.5) is 17.6 Å². The molecule has 1 fully saturated rings. The molecule has 0 aromatic heterocycles. The van der Waals surface area contributed by atoms with E-state index in [4.69, 9.17) is 9.47 Å². The number of carbonyl (C=O) groups excluding carboxylic acids is 1. The predicted molar refractivity (Wildman–Crippen MR) is 95.3 cm³/mol. The van der Waals surface area contributed by atoms with Gasteiger partial charge in [0.1, 0.15) is 12.4 Å². The number of ether oxygens (including phenoxy) is 2. The highest BCUT2D eigenvalue weighted by atomic mass is 19.4. The minimum absolute atomic E-state index is 0.0691. The number of aliphatic hydroxyl groups excluding tert-OH is 1. The van der Waals surface area contributed by atoms with Crippen molar-refractivity contribution in [1.29, 1.82) is 0 Å². The molecular weight excluding hydrogens is 392 g/mol. The molecule has 1 heterocycles. The van der Waals surface area contributed by atoms with E-state index in [0.717, 1.165) is 6.07 Å². The van der Waals surface area contributed by atoms with Crippen LogP contribution in [0, 0.1) is 11.7 Å². The number of aliphatic hydroxyl groups is 1. The Kier molecular flexibility index (Phi) is 6.24. The molecule has 0 unspecified atom stereocenters. The summed E-state index contributed by atoms with van der Waals surface area (Å²) in [5, 5.41) is 9.75. The Bertz CT molecular complexity index is 840. The Hall–Kier alpha value is -2.45. The molecule has 0 radical (unpaired) electrons. The molecule has 0 saturated carbocycles. The van der Waals surface area contributed by atoms with Crippen molar-refractivity contribution in [2.75, 3.05) is 13.2 Å². The minimum Gasteiger partial charge on any atom is -0.461 e. The smallest absolute Gasteiger partial charge is 0.415 e. The van der Waals surface area contributed by atoms with Gasteiger partial charge in [-0.1, -0.05) is 48.5 Å². The molecule has 2 aromatic carbocycles. The second-order valence-corrected chi connectivity index (χ2v) is 7.02. The van der Waals surface area contributed by atoms with Gasteiger partial charge in [0.15, 0.2) is 6.10 Å². The number of rotatable bonds is 6. The second kappa shape index (κ2) is 8.51. The van der Waals surface area contributed by atoms with E-state index in [9.17, 15) is 27.5 Å². The lowest BCUT2D eigenvalue weighted by molar-refractivity contribution is -0.219. The molecule has 0 spiro atoms. The van der Waals surface area contributed by atoms with E-state index in [1.807, 2.05) is 0 Å². The zero-order valence-electron chi connectivity index (χ0n) is 15.4. The normalized spacial score (nSPS) is 24.4. The van der Waals surface area contributed by atoms with Crippen LogP contribution in [0.2, 0.25) is 0 Å². The summed E-state index contributed by atoms with van der Waals surface area (Å²) in [6.45, 7) is -1.56. The maximum atomic E-state index is 14.6. The molecule has 2 aromatic rings. The van der Waals surface area contributed by atoms with E-state index < -0.39 is 55.0 Å². The first-order chi connectivity index (χ1) is 13.8. The van der Waals surface area contributed by atoms with Crippen molar-refractivity contribution in [3.05, 3.63) is 71.5 Å². The van der Waals surface area contributed by atoms with Crippen LogP contribution in [0.15, 0.2) is 54.6 Å². The fourth-order valence-corrected chi connectivity index (χ4v) is 3.81. The molecular formula is C21H20F4O4. The lowest BCUT2D eigenvalue weighted by atomic mass is 9.68. The van der Waals surface area contributed by atoms with Crippen LogP contribution < -0.4 is 0 Å². The van der Waals surface area contributed by atoms with Gasteiger partial charge in [0.25, 0.3) is 0 Å². The summed E-state index contributed by atoms with van der Waals surface area (Å²) in [5.74, 6) is -3.13. The predicted octanol–water partition coefficient (Wildman–Crippen LogP) is 3.77. The van der Waals surface area contributed by atoms with Gasteiger partial charge in [-0.15, -0.1) is 0 Å². The number of halogens is 4. The van der Waals surface area contributed by atoms with E-state index in [-0.39, 0.29) is 12.2 Å². The fraction of sp³-hybridized carbons (Fsp3) is 0.381. The Morgan fingerprint density at radius 3 is 2.41 bits per heavy atom. The largest absolute Gasteiger partial charge is 0.461 e. The van der Waals surface area contributed by atoms with Crippen molar-refractivity contribution < 1.29 is 36.9 Å². The van der Waals surface area contributed by atoms with E-state index in [1.165, 1.54) is 18.2 Å². The standard InChI is InChI=1S/C21H20F4O4/c22-17-9-5-4-8-15(17)20(13-29-19(16(20)11-26)21(23,24)25)10-18(27)28-12-14-6-2-1-3-7-14/h1-9,16,19,26H,10-13H2/t16-,19+,20+/m1/s1. The van der Waals surface area contributed by atoms with Crippen molar-refractivity contribution >= 4 is 5.97 Å². The van der Waals surface area contributed by atoms with E-state index in [1.54, 1.807) is 30.3 Å². The highest BCUT2D eigenvalue weighted by molar-refractivity contribution is 5.72. The van der Waals surface area contributed by atoms with Gasteiger partial charge in [-0.25, -0.2) is 4.39 Å². The van der Waals surface area contributed by atoms with E-state index in [0.29, 0.717) is 5.56 Å². The summed E-state index contributed by atoms with van der Waals surface area (Å²) in [7, 11) is 0. The molecule has 0 bridgehead atoms. The number of carbonyl (C=O) groups is 1. The summed E-state index contributed by atoms with van der Waals surface area (Å²) in [6.07, 6.45) is -7.64. The summed E-state index contributed by atoms with van der Waals surface area (Å²) >= 11 is 0. The molecule has 3 atom stereocenters. The van der Waals surface area contributed by atoms with Gasteiger partial charge in [-0.2, -0.15) is 13.2 Å². The number of hydrogen-bond acceptors (Lipinski definition) is 4. The Morgan fingerprint density at radius 2 is 1.79 bits per heavy atom. The molecule has 0 aliphatic carbocycles. The maximum absolute atomic E-state index is 14.6. The minimum atomic E-state index is -4.77. The van der Waals surface area contributed by atoms with Crippen LogP contribution in [-0.2, 0) is 26.3 Å². The molecule has 1 saturated heterocycles. The van der Waals surface area contributed by atoms with Gasteiger partial charge >= 0.3 is 12.1 Å². The molecule has 8 heteroatoms. The topological polar surface area (TPSA) is 55.8 Å². The quantitative estimate of drug-likeness (QED) is 0.580. The molecule has 0 amide bonds. The molecule has 1 aliphatic heterocycles. The zero-order valence-corrected chi connectivity index (χ0v) is 15.4. The molecule has 4 nitrogen and oxygen atoms in total. The highest BCUT2D eigenvalue weighted by Crippen LogP contribution is 2.49. The first-order valence-electron chi connectivity index (χ1n) is 9.01. The maximum Gasteiger partial charge on any atom is 0.415 e. The van der Waals surface area contributed by atoms with Crippen LogP contribution in [0.3, 0.4) is 0 Å². The van der Waals surface area contributed by atoms with Crippen molar-refractivity contribution in [3.8, 4) is 0 Å². The van der Waals surface area contributed by atoms with Crippen LogP contribution in [-0.4, -0.2) is 36.6 Å². The lowest BCUT2D eigenvalue weighted by Crippen LogP contribution is -2.45. The number of esters is 1. The van der Waals surface area contributed by atoms with Gasteiger partial charge in [0.2, 0.25) is 0 Å². The summed E-state index contributed by atoms with van der Waals surface area (Å²) in [4.78, 5) is 12.5. The van der Waals surface area contributed by atoms with Gasteiger partial charge < -0.3 is 14.6 Å². The molecule has 156 valence electrons. The average molecular weight is 412 g/mol. The summed E-state index contributed by atoms with van der Waals surface area (Å²) in [5.41, 5.74) is -1.11. The molecule has 3 rings (SSSR count). The fourth-order valence-electron chi connectivity index (χ4n) is 3.81. The van der Waals surface area contributed by atoms with Crippen molar-refractivity contribution in [2.45, 2.75) is 30.7 Å². The number of hydrogen-bond donors (Lipinski definition) is 1. The Morgan fingerprint density at radius 1 is 1.14 bits per heavy atom. The van der Waals surface area contributed by atoms with Crippen molar-refractivity contribution in [3.63, 3.8) is 0 Å². The summed E-state index contributed by atoms with van der Waals surface area (Å²) < 4.78 is 65.0. The Labute approximate surface area is 165 Å². The third kappa shape index (κ3) is 4.43. The molecule has 29 heavy (non-hydrogen) atoms. The first-order valence-corrected chi connectivity index (χ1v) is 9.01.